The molecule has 2 heterocycles. The molecular formula is C15H12N4O. The van der Waals surface area contributed by atoms with Gasteiger partial charge in [-0.1, -0.05) is 30.3 Å². The predicted molar refractivity (Wildman–Crippen MR) is 76.1 cm³/mol. The Morgan fingerprint density at radius 3 is 2.60 bits per heavy atom. The van der Waals surface area contributed by atoms with Crippen LogP contribution in [0.1, 0.15) is 5.56 Å². The lowest BCUT2D eigenvalue weighted by Gasteiger charge is -2.07. The average Bonchev–Trinajstić information content (AvgIpc) is 2.51. The number of hydrogen-bond acceptors (Lipinski definition) is 4. The van der Waals surface area contributed by atoms with E-state index in [0.29, 0.717) is 22.8 Å². The molecule has 0 bridgehead atoms. The summed E-state index contributed by atoms with van der Waals surface area (Å²) in [6.45, 7) is 1.76. The molecule has 3 aromatic rings. The minimum atomic E-state index is -0.167. The number of H-pyrrole nitrogens is 1. The van der Waals surface area contributed by atoms with E-state index in [0.717, 1.165) is 5.56 Å². The summed E-state index contributed by atoms with van der Waals surface area (Å²) >= 11 is 0. The molecule has 1 aromatic carbocycles. The van der Waals surface area contributed by atoms with Crippen LogP contribution >= 0.6 is 0 Å². The second-order valence-corrected chi connectivity index (χ2v) is 4.34. The van der Waals surface area contributed by atoms with Gasteiger partial charge < -0.3 is 4.98 Å². The Hall–Kier alpha value is -2.82. The second-order valence-electron chi connectivity index (χ2n) is 4.34. The zero-order valence-corrected chi connectivity index (χ0v) is 10.9. The molecule has 5 nitrogen and oxygen atoms in total. The van der Waals surface area contributed by atoms with Gasteiger partial charge in [-0.2, -0.15) is 0 Å². The van der Waals surface area contributed by atoms with Gasteiger partial charge in [0.2, 0.25) is 0 Å². The van der Waals surface area contributed by atoms with E-state index in [2.05, 4.69) is 19.9 Å². The second kappa shape index (κ2) is 5.05. The van der Waals surface area contributed by atoms with Gasteiger partial charge in [-0.05, 0) is 6.92 Å². The summed E-state index contributed by atoms with van der Waals surface area (Å²) in [6.07, 6.45) is 4.72. The number of hydrogen-bond donors (Lipinski definition) is 1. The maximum atomic E-state index is 12.1. The van der Waals surface area contributed by atoms with Gasteiger partial charge in [-0.3, -0.25) is 9.78 Å². The molecule has 0 saturated heterocycles. The van der Waals surface area contributed by atoms with Gasteiger partial charge in [0.25, 0.3) is 5.56 Å². The van der Waals surface area contributed by atoms with E-state index >= 15 is 0 Å². The summed E-state index contributed by atoms with van der Waals surface area (Å²) in [5, 5.41) is 0. The fourth-order valence-electron chi connectivity index (χ4n) is 1.95. The standard InChI is InChI=1S/C15H12N4O/c1-10-13(11-5-3-2-4-6-11)18-14(19-15(10)20)12-9-16-7-8-17-12/h2-9H,1H3,(H,18,19,20). The summed E-state index contributed by atoms with van der Waals surface area (Å²) in [6, 6.07) is 9.61. The van der Waals surface area contributed by atoms with Crippen LogP contribution in [0.15, 0.2) is 53.7 Å². The van der Waals surface area contributed by atoms with Crippen molar-refractivity contribution in [2.45, 2.75) is 6.92 Å². The predicted octanol–water partition coefficient (Wildman–Crippen LogP) is 2.20. The monoisotopic (exact) mass is 264 g/mol. The summed E-state index contributed by atoms with van der Waals surface area (Å²) in [4.78, 5) is 27.5. The van der Waals surface area contributed by atoms with Crippen molar-refractivity contribution in [3.8, 4) is 22.8 Å². The van der Waals surface area contributed by atoms with Crippen LogP contribution in [0.5, 0.6) is 0 Å². The average molecular weight is 264 g/mol. The smallest absolute Gasteiger partial charge is 0.254 e. The normalized spacial score (nSPS) is 10.4. The highest BCUT2D eigenvalue weighted by Crippen LogP contribution is 2.20. The largest absolute Gasteiger partial charge is 0.305 e. The van der Waals surface area contributed by atoms with E-state index in [1.54, 1.807) is 25.5 Å². The lowest BCUT2D eigenvalue weighted by atomic mass is 10.1. The van der Waals surface area contributed by atoms with Crippen molar-refractivity contribution in [1.82, 2.24) is 19.9 Å². The summed E-state index contributed by atoms with van der Waals surface area (Å²) < 4.78 is 0. The number of aromatic nitrogens is 4. The third kappa shape index (κ3) is 2.21. The zero-order valence-electron chi connectivity index (χ0n) is 10.9. The minimum Gasteiger partial charge on any atom is -0.305 e. The van der Waals surface area contributed by atoms with Gasteiger partial charge in [-0.15, -0.1) is 0 Å². The maximum Gasteiger partial charge on any atom is 0.254 e. The van der Waals surface area contributed by atoms with Crippen LogP contribution in [0.2, 0.25) is 0 Å². The third-order valence-corrected chi connectivity index (χ3v) is 3.00. The van der Waals surface area contributed by atoms with Crippen molar-refractivity contribution in [2.75, 3.05) is 0 Å². The van der Waals surface area contributed by atoms with Gasteiger partial charge in [0.15, 0.2) is 5.82 Å². The van der Waals surface area contributed by atoms with Crippen molar-refractivity contribution in [3.05, 3.63) is 64.8 Å². The number of nitrogens with one attached hydrogen (secondary N) is 1. The first-order valence-corrected chi connectivity index (χ1v) is 6.18. The molecule has 2 aromatic heterocycles. The van der Waals surface area contributed by atoms with Crippen LogP contribution in [0.3, 0.4) is 0 Å². The van der Waals surface area contributed by atoms with Gasteiger partial charge in [0.1, 0.15) is 5.69 Å². The Balaban J connectivity index is 2.22. The molecule has 0 saturated carbocycles. The highest BCUT2D eigenvalue weighted by molar-refractivity contribution is 5.64. The van der Waals surface area contributed by atoms with Crippen molar-refractivity contribution < 1.29 is 0 Å². The van der Waals surface area contributed by atoms with E-state index in [4.69, 9.17) is 0 Å². The van der Waals surface area contributed by atoms with Crippen molar-refractivity contribution in [2.24, 2.45) is 0 Å². The Bertz CT molecular complexity index is 782. The molecule has 0 fully saturated rings. The Kier molecular flexibility index (Phi) is 3.09. The fraction of sp³-hybridized carbons (Fsp3) is 0.0667. The van der Waals surface area contributed by atoms with Crippen LogP contribution in [0.25, 0.3) is 22.8 Å². The molecule has 0 atom stereocenters. The molecular weight excluding hydrogens is 252 g/mol. The first-order valence-electron chi connectivity index (χ1n) is 6.18. The van der Waals surface area contributed by atoms with Crippen LogP contribution in [0.4, 0.5) is 0 Å². The van der Waals surface area contributed by atoms with Crippen molar-refractivity contribution >= 4 is 0 Å². The van der Waals surface area contributed by atoms with Crippen LogP contribution in [-0.2, 0) is 0 Å². The molecule has 0 aliphatic carbocycles. The summed E-state index contributed by atoms with van der Waals surface area (Å²) in [7, 11) is 0. The minimum absolute atomic E-state index is 0.167. The summed E-state index contributed by atoms with van der Waals surface area (Å²) in [5.41, 5.74) is 2.53. The van der Waals surface area contributed by atoms with Gasteiger partial charge in [0.05, 0.1) is 11.9 Å². The number of rotatable bonds is 2. The Labute approximate surface area is 115 Å². The van der Waals surface area contributed by atoms with E-state index in [-0.39, 0.29) is 5.56 Å². The molecule has 0 unspecified atom stereocenters. The highest BCUT2D eigenvalue weighted by atomic mass is 16.1. The van der Waals surface area contributed by atoms with Crippen LogP contribution in [-0.4, -0.2) is 19.9 Å². The molecule has 20 heavy (non-hydrogen) atoms. The molecule has 3 rings (SSSR count). The summed E-state index contributed by atoms with van der Waals surface area (Å²) in [5.74, 6) is 0.424. The van der Waals surface area contributed by atoms with E-state index in [1.165, 1.54) is 0 Å². The third-order valence-electron chi connectivity index (χ3n) is 3.00. The topological polar surface area (TPSA) is 71.5 Å². The van der Waals surface area contributed by atoms with Crippen LogP contribution in [0, 0.1) is 6.92 Å². The highest BCUT2D eigenvalue weighted by Gasteiger charge is 2.11. The number of aromatic amines is 1. The SMILES string of the molecule is Cc1c(-c2ccccc2)nc(-c2cnccn2)[nH]c1=O. The first-order chi connectivity index (χ1) is 9.75. The first kappa shape index (κ1) is 12.2. The van der Waals surface area contributed by atoms with Crippen molar-refractivity contribution in [3.63, 3.8) is 0 Å². The van der Waals surface area contributed by atoms with Gasteiger partial charge in [-0.25, -0.2) is 9.97 Å². The molecule has 0 radical (unpaired) electrons. The van der Waals surface area contributed by atoms with Gasteiger partial charge >= 0.3 is 0 Å². The molecule has 0 amide bonds. The van der Waals surface area contributed by atoms with E-state index in [1.807, 2.05) is 30.3 Å². The molecule has 0 aliphatic heterocycles. The maximum absolute atomic E-state index is 12.1. The molecule has 98 valence electrons. The molecule has 5 heteroatoms. The lowest BCUT2D eigenvalue weighted by molar-refractivity contribution is 1.06. The van der Waals surface area contributed by atoms with Gasteiger partial charge in [0, 0.05) is 23.5 Å². The fourth-order valence-corrected chi connectivity index (χ4v) is 1.95. The van der Waals surface area contributed by atoms with E-state index < -0.39 is 0 Å². The van der Waals surface area contributed by atoms with Crippen LogP contribution < -0.4 is 5.56 Å². The number of benzene rings is 1. The lowest BCUT2D eigenvalue weighted by Crippen LogP contribution is -2.14. The molecule has 0 aliphatic rings. The molecule has 1 N–H and O–H groups in total. The molecule has 0 spiro atoms. The number of nitrogens with zero attached hydrogens (tertiary/aromatic N) is 3. The Morgan fingerprint density at radius 2 is 1.90 bits per heavy atom. The van der Waals surface area contributed by atoms with E-state index in [9.17, 15) is 4.79 Å². The quantitative estimate of drug-likeness (QED) is 0.770. The Morgan fingerprint density at radius 1 is 1.10 bits per heavy atom. The zero-order chi connectivity index (χ0) is 13.9. The van der Waals surface area contributed by atoms with Crippen molar-refractivity contribution in [1.29, 1.82) is 0 Å².